The molecule has 0 bridgehead atoms. The smallest absolute Gasteiger partial charge is 0.226 e. The van der Waals surface area contributed by atoms with Crippen molar-refractivity contribution in [3.8, 4) is 5.75 Å². The highest BCUT2D eigenvalue weighted by molar-refractivity contribution is 7.80. The fourth-order valence-corrected chi connectivity index (χ4v) is 2.76. The van der Waals surface area contributed by atoms with Crippen LogP contribution in [0.4, 0.5) is 5.69 Å². The molecule has 1 aromatic rings. The van der Waals surface area contributed by atoms with Crippen LogP contribution in [0.5, 0.6) is 5.75 Å². The highest BCUT2D eigenvalue weighted by atomic mass is 32.1. The van der Waals surface area contributed by atoms with Crippen molar-refractivity contribution in [3.63, 3.8) is 0 Å². The minimum atomic E-state index is -0.0596. The quantitative estimate of drug-likeness (QED) is 0.383. The van der Waals surface area contributed by atoms with E-state index in [2.05, 4.69) is 17.6 Å². The second-order valence-corrected chi connectivity index (χ2v) is 6.54. The molecule has 24 heavy (non-hydrogen) atoms. The molecule has 0 fully saturated rings. The van der Waals surface area contributed by atoms with Gasteiger partial charge in [0.25, 0.3) is 0 Å². The minimum absolute atomic E-state index is 0.0596. The first-order valence-electron chi connectivity index (χ1n) is 9.01. The second-order valence-electron chi connectivity index (χ2n) is 6.13. The molecule has 4 nitrogen and oxygen atoms in total. The molecule has 0 aliphatic heterocycles. The number of hydrogen-bond donors (Lipinski definition) is 3. The summed E-state index contributed by atoms with van der Waals surface area (Å²) in [6.45, 7) is 2.23. The lowest BCUT2D eigenvalue weighted by molar-refractivity contribution is -0.119. The van der Waals surface area contributed by atoms with E-state index in [0.717, 1.165) is 12.8 Å². The fraction of sp³-hybridized carbons (Fsp3) is 0.579. The van der Waals surface area contributed by atoms with Crippen molar-refractivity contribution in [2.45, 2.75) is 71.1 Å². The van der Waals surface area contributed by atoms with Gasteiger partial charge in [0, 0.05) is 18.2 Å². The van der Waals surface area contributed by atoms with Crippen LogP contribution in [0.15, 0.2) is 24.3 Å². The molecule has 5 heteroatoms. The van der Waals surface area contributed by atoms with Crippen LogP contribution < -0.4 is 10.6 Å². The third-order valence-corrected chi connectivity index (χ3v) is 4.07. The summed E-state index contributed by atoms with van der Waals surface area (Å²) < 4.78 is 0. The predicted molar refractivity (Wildman–Crippen MR) is 104 cm³/mol. The Labute approximate surface area is 151 Å². The monoisotopic (exact) mass is 350 g/mol. The Kier molecular flexibility index (Phi) is 10.9. The van der Waals surface area contributed by atoms with Crippen LogP contribution in [0.2, 0.25) is 0 Å². The van der Waals surface area contributed by atoms with Gasteiger partial charge in [-0.2, -0.15) is 0 Å². The first kappa shape index (κ1) is 20.4. The normalized spacial score (nSPS) is 10.4. The van der Waals surface area contributed by atoms with E-state index in [9.17, 15) is 9.90 Å². The van der Waals surface area contributed by atoms with Crippen molar-refractivity contribution in [2.24, 2.45) is 0 Å². The van der Waals surface area contributed by atoms with Crippen LogP contribution in [-0.2, 0) is 4.79 Å². The maximum atomic E-state index is 11.8. The summed E-state index contributed by atoms with van der Waals surface area (Å²) in [5.41, 5.74) is 0.656. The molecule has 3 N–H and O–H groups in total. The van der Waals surface area contributed by atoms with Crippen LogP contribution in [-0.4, -0.2) is 16.1 Å². The molecule has 1 amide bonds. The average Bonchev–Trinajstić information content (AvgIpc) is 2.53. The largest absolute Gasteiger partial charge is 0.508 e. The number of carbonyl (C=O) groups is 1. The topological polar surface area (TPSA) is 61.4 Å². The molecule has 134 valence electrons. The summed E-state index contributed by atoms with van der Waals surface area (Å²) in [5, 5.41) is 15.2. The van der Waals surface area contributed by atoms with Crippen LogP contribution in [0.1, 0.15) is 71.1 Å². The summed E-state index contributed by atoms with van der Waals surface area (Å²) in [5.74, 6) is 0.0967. The Morgan fingerprint density at radius 1 is 1.04 bits per heavy atom. The first-order valence-corrected chi connectivity index (χ1v) is 9.42. The van der Waals surface area contributed by atoms with Gasteiger partial charge in [-0.25, -0.2) is 0 Å². The summed E-state index contributed by atoms with van der Waals surface area (Å²) in [6, 6.07) is 6.62. The third-order valence-electron chi connectivity index (χ3n) is 3.86. The summed E-state index contributed by atoms with van der Waals surface area (Å²) in [4.78, 5) is 11.8. The average molecular weight is 351 g/mol. The van der Waals surface area contributed by atoms with Gasteiger partial charge in [-0.05, 0) is 30.8 Å². The van der Waals surface area contributed by atoms with Gasteiger partial charge in [0.15, 0.2) is 5.11 Å². The molecular weight excluding hydrogens is 320 g/mol. The van der Waals surface area contributed by atoms with E-state index >= 15 is 0 Å². The fourth-order valence-electron chi connectivity index (χ4n) is 2.53. The lowest BCUT2D eigenvalue weighted by atomic mass is 10.1. The number of carbonyl (C=O) groups excluding carboxylic acids is 1. The Hall–Kier alpha value is -1.62. The van der Waals surface area contributed by atoms with Gasteiger partial charge in [0.05, 0.1) is 0 Å². The van der Waals surface area contributed by atoms with Gasteiger partial charge in [0.1, 0.15) is 5.75 Å². The molecule has 0 aromatic heterocycles. The Bertz CT molecular complexity index is 506. The van der Waals surface area contributed by atoms with Gasteiger partial charge in [-0.15, -0.1) is 0 Å². The number of anilines is 1. The zero-order chi connectivity index (χ0) is 17.6. The Morgan fingerprint density at radius 2 is 1.67 bits per heavy atom. The predicted octanol–water partition coefficient (Wildman–Crippen LogP) is 5.13. The maximum absolute atomic E-state index is 11.8. The van der Waals surface area contributed by atoms with Gasteiger partial charge in [-0.1, -0.05) is 64.4 Å². The molecule has 1 rings (SSSR count). The number of amides is 1. The van der Waals surface area contributed by atoms with Crippen molar-refractivity contribution in [1.82, 2.24) is 5.32 Å². The molecule has 0 spiro atoms. The molecule has 0 heterocycles. The third kappa shape index (κ3) is 10.2. The molecule has 0 saturated carbocycles. The first-order chi connectivity index (χ1) is 11.6. The van der Waals surface area contributed by atoms with E-state index in [4.69, 9.17) is 12.2 Å². The molecule has 1 aromatic carbocycles. The van der Waals surface area contributed by atoms with E-state index in [1.54, 1.807) is 24.3 Å². The molecule has 0 saturated heterocycles. The number of hydrogen-bond acceptors (Lipinski definition) is 3. The number of unbranched alkanes of at least 4 members (excludes halogenated alkanes) is 8. The molecule has 0 radical (unpaired) electrons. The van der Waals surface area contributed by atoms with E-state index in [0.29, 0.717) is 12.1 Å². The number of phenolic OH excluding ortho intramolecular Hbond substituents is 1. The minimum Gasteiger partial charge on any atom is -0.508 e. The van der Waals surface area contributed by atoms with Crippen LogP contribution >= 0.6 is 12.2 Å². The number of benzene rings is 1. The molecule has 0 atom stereocenters. The number of thiocarbonyl (C=S) groups is 1. The molecule has 0 unspecified atom stereocenters. The van der Waals surface area contributed by atoms with E-state index in [-0.39, 0.29) is 16.8 Å². The summed E-state index contributed by atoms with van der Waals surface area (Å²) >= 11 is 5.10. The van der Waals surface area contributed by atoms with Gasteiger partial charge >= 0.3 is 0 Å². The SMILES string of the molecule is CCCCCCCCCCCC(=O)NC(=S)Nc1cccc(O)c1. The van der Waals surface area contributed by atoms with Gasteiger partial charge in [0.2, 0.25) is 5.91 Å². The summed E-state index contributed by atoms with van der Waals surface area (Å²) in [7, 11) is 0. The number of nitrogens with one attached hydrogen (secondary N) is 2. The van der Waals surface area contributed by atoms with Gasteiger partial charge in [-0.3, -0.25) is 4.79 Å². The lowest BCUT2D eigenvalue weighted by Crippen LogP contribution is -2.33. The van der Waals surface area contributed by atoms with Crippen LogP contribution in [0.25, 0.3) is 0 Å². The Morgan fingerprint density at radius 3 is 2.29 bits per heavy atom. The number of phenols is 1. The summed E-state index contributed by atoms with van der Waals surface area (Å²) in [6.07, 6.45) is 11.6. The van der Waals surface area contributed by atoms with Crippen LogP contribution in [0, 0.1) is 0 Å². The Balaban J connectivity index is 2.04. The van der Waals surface area contributed by atoms with E-state index in [1.165, 1.54) is 44.9 Å². The van der Waals surface area contributed by atoms with E-state index < -0.39 is 0 Å². The van der Waals surface area contributed by atoms with Crippen molar-refractivity contribution < 1.29 is 9.90 Å². The number of rotatable bonds is 11. The zero-order valence-electron chi connectivity index (χ0n) is 14.6. The van der Waals surface area contributed by atoms with Crippen molar-refractivity contribution in [1.29, 1.82) is 0 Å². The van der Waals surface area contributed by atoms with Crippen molar-refractivity contribution in [2.75, 3.05) is 5.32 Å². The molecule has 0 aliphatic carbocycles. The number of aromatic hydroxyl groups is 1. The highest BCUT2D eigenvalue weighted by Gasteiger charge is 2.05. The van der Waals surface area contributed by atoms with Crippen molar-refractivity contribution >= 4 is 28.9 Å². The van der Waals surface area contributed by atoms with E-state index in [1.807, 2.05) is 0 Å². The maximum Gasteiger partial charge on any atom is 0.226 e. The zero-order valence-corrected chi connectivity index (χ0v) is 15.5. The van der Waals surface area contributed by atoms with Crippen molar-refractivity contribution in [3.05, 3.63) is 24.3 Å². The lowest BCUT2D eigenvalue weighted by Gasteiger charge is -2.09. The second kappa shape index (κ2) is 12.8. The molecule has 0 aliphatic rings. The highest BCUT2D eigenvalue weighted by Crippen LogP contribution is 2.15. The standard InChI is InChI=1S/C19H30N2O2S/c1-2-3-4-5-6-7-8-9-10-14-18(23)21-19(24)20-16-12-11-13-17(22)15-16/h11-13,15,22H,2-10,14H2,1H3,(H2,20,21,23,24). The van der Waals surface area contributed by atoms with Gasteiger partial charge < -0.3 is 15.7 Å². The molecular formula is C19H30N2O2S. The van der Waals surface area contributed by atoms with Crippen LogP contribution in [0.3, 0.4) is 0 Å².